The van der Waals surface area contributed by atoms with Crippen LogP contribution < -0.4 is 0 Å². The largest absolute Gasteiger partial charge is 0.393 e. The average molecular weight is 321 g/mol. The van der Waals surface area contributed by atoms with Crippen LogP contribution in [0.1, 0.15) is 30.4 Å². The van der Waals surface area contributed by atoms with Crippen LogP contribution >= 0.6 is 11.6 Å². The molecule has 1 aromatic rings. The summed E-state index contributed by atoms with van der Waals surface area (Å²) in [7, 11) is 0. The number of hydrogen-bond donors (Lipinski definition) is 1. The molecule has 0 radical (unpaired) electrons. The fraction of sp³-hybridized carbons (Fsp3) is 0.588. The normalized spacial score (nSPS) is 29.4. The highest BCUT2D eigenvalue weighted by Gasteiger charge is 2.37. The molecule has 1 saturated heterocycles. The van der Waals surface area contributed by atoms with Gasteiger partial charge in [-0.05, 0) is 30.5 Å². The highest BCUT2D eigenvalue weighted by atomic mass is 35.5. The number of nitrogens with zero attached hydrogens (tertiary/aromatic N) is 2. The van der Waals surface area contributed by atoms with E-state index < -0.39 is 0 Å². The van der Waals surface area contributed by atoms with E-state index in [2.05, 4.69) is 11.0 Å². The number of morpholine rings is 1. The summed E-state index contributed by atoms with van der Waals surface area (Å²) in [4.78, 5) is 2.35. The Kier molecular flexibility index (Phi) is 5.00. The summed E-state index contributed by atoms with van der Waals surface area (Å²) in [5.41, 5.74) is 1.62. The molecular formula is C17H21ClN2O2. The lowest BCUT2D eigenvalue weighted by molar-refractivity contribution is -0.0536. The summed E-state index contributed by atoms with van der Waals surface area (Å²) in [6.07, 6.45) is 2.80. The number of rotatable bonds is 3. The number of aliphatic hydroxyl groups excluding tert-OH is 1. The van der Waals surface area contributed by atoms with Crippen LogP contribution in [0, 0.1) is 17.2 Å². The molecule has 3 atom stereocenters. The number of nitriles is 1. The van der Waals surface area contributed by atoms with Crippen LogP contribution in [-0.4, -0.2) is 41.9 Å². The Hall–Kier alpha value is -1.12. The van der Waals surface area contributed by atoms with Crippen LogP contribution in [0.2, 0.25) is 5.02 Å². The molecule has 1 N–H and O–H groups in total. The molecule has 2 fully saturated rings. The minimum atomic E-state index is -0.227. The van der Waals surface area contributed by atoms with Crippen molar-refractivity contribution >= 4 is 11.6 Å². The third-order valence-electron chi connectivity index (χ3n) is 4.87. The average Bonchev–Trinajstić information content (AvgIpc) is 2.95. The van der Waals surface area contributed by atoms with E-state index in [-0.39, 0.29) is 18.1 Å². The molecule has 1 aliphatic heterocycles. The van der Waals surface area contributed by atoms with Crippen molar-refractivity contribution in [1.29, 1.82) is 5.26 Å². The van der Waals surface area contributed by atoms with Gasteiger partial charge in [-0.25, -0.2) is 0 Å². The van der Waals surface area contributed by atoms with Gasteiger partial charge in [-0.2, -0.15) is 5.26 Å². The first kappa shape index (κ1) is 15.8. The van der Waals surface area contributed by atoms with Gasteiger partial charge in [0.15, 0.2) is 0 Å². The maximum absolute atomic E-state index is 10.2. The van der Waals surface area contributed by atoms with E-state index in [9.17, 15) is 10.4 Å². The van der Waals surface area contributed by atoms with Crippen molar-refractivity contribution in [2.24, 2.45) is 5.92 Å². The van der Waals surface area contributed by atoms with Gasteiger partial charge in [-0.3, -0.25) is 4.90 Å². The van der Waals surface area contributed by atoms with Gasteiger partial charge in [0.2, 0.25) is 0 Å². The van der Waals surface area contributed by atoms with Crippen molar-refractivity contribution in [3.05, 3.63) is 34.3 Å². The molecule has 1 aromatic carbocycles. The Labute approximate surface area is 136 Å². The van der Waals surface area contributed by atoms with E-state index in [0.717, 1.165) is 31.4 Å². The molecule has 0 spiro atoms. The lowest BCUT2D eigenvalue weighted by atomic mass is 9.93. The molecule has 1 aliphatic carbocycles. The van der Waals surface area contributed by atoms with Crippen molar-refractivity contribution in [3.8, 4) is 6.07 Å². The highest BCUT2D eigenvalue weighted by Crippen LogP contribution is 2.33. The molecule has 1 heterocycles. The van der Waals surface area contributed by atoms with Gasteiger partial charge >= 0.3 is 0 Å². The first-order valence-corrected chi connectivity index (χ1v) is 8.25. The lowest BCUT2D eigenvalue weighted by Crippen LogP contribution is -2.50. The van der Waals surface area contributed by atoms with Gasteiger partial charge in [-0.1, -0.05) is 24.1 Å². The smallest absolute Gasteiger partial charge is 0.0995 e. The van der Waals surface area contributed by atoms with Crippen molar-refractivity contribution in [2.45, 2.75) is 38.0 Å². The van der Waals surface area contributed by atoms with Crippen molar-refractivity contribution < 1.29 is 9.84 Å². The number of ether oxygens (including phenoxy) is 1. The minimum Gasteiger partial charge on any atom is -0.393 e. The maximum atomic E-state index is 10.2. The van der Waals surface area contributed by atoms with Gasteiger partial charge in [0.05, 0.1) is 31.0 Å². The topological polar surface area (TPSA) is 56.5 Å². The zero-order valence-electron chi connectivity index (χ0n) is 12.5. The standard InChI is InChI=1S/C17H21ClN2O2/c18-14-5-4-12(13(8-14)9-19)10-20-6-7-22-11-16(20)15-2-1-3-17(15)21/h4-5,8,15-17,21H,1-3,6-7,10-11H2. The SMILES string of the molecule is N#Cc1cc(Cl)ccc1CN1CCOCC1C1CCCC1O. The van der Waals surface area contributed by atoms with Crippen LogP contribution in [0.25, 0.3) is 0 Å². The molecule has 3 unspecified atom stereocenters. The highest BCUT2D eigenvalue weighted by molar-refractivity contribution is 6.30. The second-order valence-corrected chi connectivity index (χ2v) is 6.62. The second kappa shape index (κ2) is 6.97. The summed E-state index contributed by atoms with van der Waals surface area (Å²) in [6, 6.07) is 7.94. The molecular weight excluding hydrogens is 300 g/mol. The Morgan fingerprint density at radius 3 is 3.00 bits per heavy atom. The predicted octanol–water partition coefficient (Wildman–Crippen LogP) is 2.57. The van der Waals surface area contributed by atoms with Crippen LogP contribution in [-0.2, 0) is 11.3 Å². The molecule has 0 aromatic heterocycles. The summed E-state index contributed by atoms with van der Waals surface area (Å²) < 4.78 is 5.65. The molecule has 5 heteroatoms. The van der Waals surface area contributed by atoms with Crippen molar-refractivity contribution in [2.75, 3.05) is 19.8 Å². The second-order valence-electron chi connectivity index (χ2n) is 6.19. The van der Waals surface area contributed by atoms with E-state index in [4.69, 9.17) is 16.3 Å². The molecule has 4 nitrogen and oxygen atoms in total. The monoisotopic (exact) mass is 320 g/mol. The summed E-state index contributed by atoms with van der Waals surface area (Å²) in [6.45, 7) is 2.91. The minimum absolute atomic E-state index is 0.227. The number of aliphatic hydroxyl groups is 1. The third-order valence-corrected chi connectivity index (χ3v) is 5.11. The van der Waals surface area contributed by atoms with Crippen LogP contribution in [0.3, 0.4) is 0 Å². The molecule has 0 amide bonds. The fourth-order valence-electron chi connectivity index (χ4n) is 3.68. The third kappa shape index (κ3) is 3.28. The number of halogens is 1. The zero-order chi connectivity index (χ0) is 15.5. The molecule has 0 bridgehead atoms. The fourth-order valence-corrected chi connectivity index (χ4v) is 3.85. The van der Waals surface area contributed by atoms with Crippen molar-refractivity contribution in [1.82, 2.24) is 4.90 Å². The molecule has 2 aliphatic rings. The summed E-state index contributed by atoms with van der Waals surface area (Å²) >= 11 is 5.97. The van der Waals surface area contributed by atoms with Gasteiger partial charge in [-0.15, -0.1) is 0 Å². The zero-order valence-corrected chi connectivity index (χ0v) is 13.3. The number of hydrogen-bond acceptors (Lipinski definition) is 4. The Balaban J connectivity index is 1.78. The van der Waals surface area contributed by atoms with Gasteiger partial charge in [0.25, 0.3) is 0 Å². The summed E-state index contributed by atoms with van der Waals surface area (Å²) in [5, 5.41) is 20.1. The molecule has 118 valence electrons. The van der Waals surface area contributed by atoms with Crippen molar-refractivity contribution in [3.63, 3.8) is 0 Å². The van der Waals surface area contributed by atoms with Crippen LogP contribution in [0.15, 0.2) is 18.2 Å². The quantitative estimate of drug-likeness (QED) is 0.930. The van der Waals surface area contributed by atoms with E-state index in [1.807, 2.05) is 12.1 Å². The molecule has 22 heavy (non-hydrogen) atoms. The van der Waals surface area contributed by atoms with Gasteiger partial charge in [0.1, 0.15) is 0 Å². The molecule has 3 rings (SSSR count). The Morgan fingerprint density at radius 2 is 2.27 bits per heavy atom. The Bertz CT molecular complexity index is 572. The first-order chi connectivity index (χ1) is 10.7. The van der Waals surface area contributed by atoms with E-state index in [1.54, 1.807) is 6.07 Å². The lowest BCUT2D eigenvalue weighted by Gasteiger charge is -2.40. The van der Waals surface area contributed by atoms with Gasteiger partial charge < -0.3 is 9.84 Å². The number of benzene rings is 1. The first-order valence-electron chi connectivity index (χ1n) is 7.87. The van der Waals surface area contributed by atoms with Crippen LogP contribution in [0.4, 0.5) is 0 Å². The van der Waals surface area contributed by atoms with E-state index >= 15 is 0 Å². The maximum Gasteiger partial charge on any atom is 0.0995 e. The Morgan fingerprint density at radius 1 is 1.41 bits per heavy atom. The van der Waals surface area contributed by atoms with E-state index in [0.29, 0.717) is 30.3 Å². The van der Waals surface area contributed by atoms with Gasteiger partial charge in [0, 0.05) is 30.1 Å². The molecule has 1 saturated carbocycles. The predicted molar refractivity (Wildman–Crippen MR) is 84.5 cm³/mol. The van der Waals surface area contributed by atoms with E-state index in [1.165, 1.54) is 0 Å². The summed E-state index contributed by atoms with van der Waals surface area (Å²) in [5.74, 6) is 0.276. The van der Waals surface area contributed by atoms with Crippen LogP contribution in [0.5, 0.6) is 0 Å².